The molecule has 0 aromatic heterocycles. The SMILES string of the molecule is CC(C)(C)c1c(-c2ccc(NC(=O)[C@@H](Cc3ccccc3)NC(=O)Nc3ccc(Cl)cc3)cc2)cccc1S(N)(=O)=O. The molecule has 0 spiro atoms. The molecule has 0 radical (unpaired) electrons. The first-order valence-corrected chi connectivity index (χ1v) is 15.2. The number of hydrogen-bond donors (Lipinski definition) is 4. The van der Waals surface area contributed by atoms with Crippen LogP contribution in [0, 0.1) is 0 Å². The number of nitrogens with one attached hydrogen (secondary N) is 3. The van der Waals surface area contributed by atoms with Crippen LogP contribution in [0.15, 0.2) is 102 Å². The van der Waals surface area contributed by atoms with Crippen molar-refractivity contribution in [2.24, 2.45) is 5.14 Å². The largest absolute Gasteiger partial charge is 0.326 e. The Morgan fingerprint density at radius 2 is 1.40 bits per heavy atom. The van der Waals surface area contributed by atoms with Gasteiger partial charge in [-0.1, -0.05) is 87.0 Å². The number of urea groups is 1. The normalized spacial score (nSPS) is 12.3. The maximum atomic E-state index is 13.4. The van der Waals surface area contributed by atoms with Gasteiger partial charge in [-0.3, -0.25) is 4.79 Å². The minimum atomic E-state index is -3.94. The summed E-state index contributed by atoms with van der Waals surface area (Å²) >= 11 is 5.93. The zero-order valence-corrected chi connectivity index (χ0v) is 25.1. The molecule has 0 saturated heterocycles. The van der Waals surface area contributed by atoms with Crippen molar-refractivity contribution in [3.8, 4) is 11.1 Å². The fourth-order valence-corrected chi connectivity index (χ4v) is 5.76. The van der Waals surface area contributed by atoms with Crippen molar-refractivity contribution in [1.82, 2.24) is 5.32 Å². The van der Waals surface area contributed by atoms with E-state index in [0.29, 0.717) is 22.0 Å². The van der Waals surface area contributed by atoms with E-state index in [1.54, 1.807) is 54.6 Å². The highest BCUT2D eigenvalue weighted by molar-refractivity contribution is 7.89. The summed E-state index contributed by atoms with van der Waals surface area (Å²) in [6, 6.07) is 26.7. The van der Waals surface area contributed by atoms with Crippen LogP contribution in [0.4, 0.5) is 16.2 Å². The van der Waals surface area contributed by atoms with Gasteiger partial charge < -0.3 is 16.0 Å². The van der Waals surface area contributed by atoms with E-state index in [1.165, 1.54) is 6.07 Å². The summed E-state index contributed by atoms with van der Waals surface area (Å²) in [5.41, 5.74) is 3.54. The van der Waals surface area contributed by atoms with E-state index in [-0.39, 0.29) is 11.3 Å². The Morgan fingerprint density at radius 3 is 2.00 bits per heavy atom. The highest BCUT2D eigenvalue weighted by Gasteiger charge is 2.27. The van der Waals surface area contributed by atoms with Gasteiger partial charge in [0.15, 0.2) is 0 Å². The van der Waals surface area contributed by atoms with Gasteiger partial charge in [0.1, 0.15) is 6.04 Å². The molecule has 4 aromatic carbocycles. The Kier molecular flexibility index (Phi) is 9.36. The fourth-order valence-electron chi connectivity index (χ4n) is 4.66. The quantitative estimate of drug-likeness (QED) is 0.187. The molecule has 0 aliphatic heterocycles. The number of sulfonamides is 1. The molecule has 4 aromatic rings. The number of hydrogen-bond acceptors (Lipinski definition) is 4. The first kappa shape index (κ1) is 30.8. The van der Waals surface area contributed by atoms with Gasteiger partial charge in [0, 0.05) is 22.8 Å². The number of carbonyl (C=O) groups excluding carboxylic acids is 2. The van der Waals surface area contributed by atoms with Crippen molar-refractivity contribution in [2.75, 3.05) is 10.6 Å². The minimum absolute atomic E-state index is 0.0802. The maximum absolute atomic E-state index is 13.4. The molecule has 5 N–H and O–H groups in total. The van der Waals surface area contributed by atoms with Gasteiger partial charge in [-0.2, -0.15) is 0 Å². The molecule has 0 unspecified atom stereocenters. The van der Waals surface area contributed by atoms with E-state index in [0.717, 1.165) is 16.7 Å². The molecule has 218 valence electrons. The smallest absolute Gasteiger partial charge is 0.319 e. The standard InChI is InChI=1S/C32H33ClN4O4S/c1-32(2,3)29-26(10-7-11-28(29)42(34,40)41)22-12-16-24(17-13-22)35-30(38)27(20-21-8-5-4-6-9-21)37-31(39)36-25-18-14-23(33)15-19-25/h4-19,27H,20H2,1-3H3,(H,35,38)(H2,34,40,41)(H2,36,37,39)/t27-/m1/s1. The average molecular weight is 605 g/mol. The zero-order chi connectivity index (χ0) is 30.5. The van der Waals surface area contributed by atoms with Gasteiger partial charge in [-0.25, -0.2) is 18.4 Å². The first-order valence-electron chi connectivity index (χ1n) is 13.3. The predicted octanol–water partition coefficient (Wildman–Crippen LogP) is 6.32. The third-order valence-corrected chi connectivity index (χ3v) is 7.76. The Bertz CT molecular complexity index is 1670. The van der Waals surface area contributed by atoms with E-state index < -0.39 is 33.4 Å². The molecule has 0 bridgehead atoms. The molecular weight excluding hydrogens is 572 g/mol. The molecule has 0 saturated carbocycles. The van der Waals surface area contributed by atoms with Crippen molar-refractivity contribution in [1.29, 1.82) is 0 Å². The second-order valence-corrected chi connectivity index (χ2v) is 12.9. The first-order chi connectivity index (χ1) is 19.8. The minimum Gasteiger partial charge on any atom is -0.326 e. The molecule has 10 heteroatoms. The van der Waals surface area contributed by atoms with Gasteiger partial charge in [0.05, 0.1) is 4.90 Å². The molecule has 8 nitrogen and oxygen atoms in total. The third-order valence-electron chi connectivity index (χ3n) is 6.55. The van der Waals surface area contributed by atoms with Crippen LogP contribution in [0.3, 0.4) is 0 Å². The van der Waals surface area contributed by atoms with E-state index >= 15 is 0 Å². The van der Waals surface area contributed by atoms with Gasteiger partial charge in [-0.05, 0) is 70.1 Å². The van der Waals surface area contributed by atoms with Gasteiger partial charge in [0.25, 0.3) is 0 Å². The van der Waals surface area contributed by atoms with Crippen LogP contribution in [0.5, 0.6) is 0 Å². The van der Waals surface area contributed by atoms with Crippen LogP contribution in [-0.2, 0) is 26.7 Å². The second-order valence-electron chi connectivity index (χ2n) is 10.9. The lowest BCUT2D eigenvalue weighted by molar-refractivity contribution is -0.117. The van der Waals surface area contributed by atoms with E-state index in [4.69, 9.17) is 16.7 Å². The summed E-state index contributed by atoms with van der Waals surface area (Å²) in [6.45, 7) is 5.79. The lowest BCUT2D eigenvalue weighted by atomic mass is 9.81. The van der Waals surface area contributed by atoms with Crippen LogP contribution in [0.1, 0.15) is 31.9 Å². The fraction of sp³-hybridized carbons (Fsp3) is 0.188. The van der Waals surface area contributed by atoms with E-state index in [2.05, 4.69) is 16.0 Å². The molecule has 3 amide bonds. The topological polar surface area (TPSA) is 130 Å². The lowest BCUT2D eigenvalue weighted by Gasteiger charge is -2.26. The van der Waals surface area contributed by atoms with Crippen molar-refractivity contribution in [3.63, 3.8) is 0 Å². The Labute approximate surface area is 251 Å². The van der Waals surface area contributed by atoms with Crippen molar-refractivity contribution in [3.05, 3.63) is 113 Å². The summed E-state index contributed by atoms with van der Waals surface area (Å²) in [7, 11) is -3.94. The molecule has 1 atom stereocenters. The number of rotatable bonds is 8. The number of primary sulfonamides is 1. The van der Waals surface area contributed by atoms with Gasteiger partial charge >= 0.3 is 6.03 Å². The highest BCUT2D eigenvalue weighted by Crippen LogP contribution is 2.37. The maximum Gasteiger partial charge on any atom is 0.319 e. The van der Waals surface area contributed by atoms with Gasteiger partial charge in [0.2, 0.25) is 15.9 Å². The molecule has 0 aliphatic rings. The summed E-state index contributed by atoms with van der Waals surface area (Å²) in [5.74, 6) is -0.399. The van der Waals surface area contributed by atoms with Crippen LogP contribution in [-0.4, -0.2) is 26.4 Å². The summed E-state index contributed by atoms with van der Waals surface area (Å²) in [5, 5.41) is 14.4. The molecule has 42 heavy (non-hydrogen) atoms. The molecule has 0 aliphatic carbocycles. The van der Waals surface area contributed by atoms with Crippen molar-refractivity contribution >= 4 is 44.9 Å². The number of anilines is 2. The number of halogens is 1. The second kappa shape index (κ2) is 12.8. The predicted molar refractivity (Wildman–Crippen MR) is 168 cm³/mol. The lowest BCUT2D eigenvalue weighted by Crippen LogP contribution is -2.46. The summed E-state index contributed by atoms with van der Waals surface area (Å²) in [6.07, 6.45) is 0.272. The zero-order valence-electron chi connectivity index (χ0n) is 23.5. The van der Waals surface area contributed by atoms with Crippen LogP contribution >= 0.6 is 11.6 Å². The number of nitrogens with two attached hydrogens (primary N) is 1. The Balaban J connectivity index is 1.55. The highest BCUT2D eigenvalue weighted by atomic mass is 35.5. The molecular formula is C32H33ClN4O4S. The monoisotopic (exact) mass is 604 g/mol. The van der Waals surface area contributed by atoms with E-state index in [9.17, 15) is 18.0 Å². The average Bonchev–Trinajstić information content (AvgIpc) is 2.93. The molecule has 0 heterocycles. The molecule has 0 fully saturated rings. The Morgan fingerprint density at radius 1 is 0.810 bits per heavy atom. The number of amides is 3. The summed E-state index contributed by atoms with van der Waals surface area (Å²) < 4.78 is 24.7. The van der Waals surface area contributed by atoms with E-state index in [1.807, 2.05) is 57.2 Å². The van der Waals surface area contributed by atoms with Crippen molar-refractivity contribution < 1.29 is 18.0 Å². The van der Waals surface area contributed by atoms with Crippen molar-refractivity contribution in [2.45, 2.75) is 43.5 Å². The Hall–Kier alpha value is -4.18. The van der Waals surface area contributed by atoms with Crippen LogP contribution in [0.2, 0.25) is 5.02 Å². The number of benzene rings is 4. The van der Waals surface area contributed by atoms with Crippen LogP contribution in [0.25, 0.3) is 11.1 Å². The third kappa shape index (κ3) is 7.97. The number of carbonyl (C=O) groups is 2. The van der Waals surface area contributed by atoms with Crippen LogP contribution < -0.4 is 21.1 Å². The van der Waals surface area contributed by atoms with Gasteiger partial charge in [-0.15, -0.1) is 0 Å². The molecule has 4 rings (SSSR count). The summed E-state index contributed by atoms with van der Waals surface area (Å²) in [4.78, 5) is 26.3.